The molecule has 5 aromatic rings. The highest BCUT2D eigenvalue weighted by Gasteiger charge is 2.62. The molecule has 3 aromatic heterocycles. The maximum absolute atomic E-state index is 16.2. The number of halogens is 2. The number of carbonyl (C=O) groups excluding carboxylic acids is 3. The Labute approximate surface area is 349 Å². The van der Waals surface area contributed by atoms with Crippen LogP contribution in [0.1, 0.15) is 98.1 Å². The molecule has 1 atom stereocenters. The zero-order valence-corrected chi connectivity index (χ0v) is 34.2. The standard InChI is InChI=1S/C44H47F2N9O6/c1-42(2,60)29-16-31-35(17-30(29)49-38(57)28-15-26(18-47)19-48-20-28)61-40(50-31)27-9-7-25(8-10-27)21-53-14-13-43(44(45,46)24-53)22-54(23-43)32-5-4-6-33-37(32)52(3)41(59)55(33)34-11-12-36(56)51-39(34)58/h4-6,15-17,19-20,25,27,34,60H,7-14,21-24H2,1-3H3,(H,49,57)(H,51,56,58). The van der Waals surface area contributed by atoms with Gasteiger partial charge in [0.25, 0.3) is 11.8 Å². The number of anilines is 2. The highest BCUT2D eigenvalue weighted by atomic mass is 19.3. The Morgan fingerprint density at radius 2 is 1.85 bits per heavy atom. The number of hydrogen-bond acceptors (Lipinski definition) is 11. The molecule has 0 bridgehead atoms. The summed E-state index contributed by atoms with van der Waals surface area (Å²) in [6, 6.07) is 11.3. The molecule has 1 aliphatic carbocycles. The molecule has 4 aliphatic rings. The van der Waals surface area contributed by atoms with Crippen molar-refractivity contribution in [1.29, 1.82) is 5.26 Å². The number of nitrogens with zero attached hydrogens (tertiary/aromatic N) is 7. The molecule has 4 fully saturated rings. The van der Waals surface area contributed by atoms with Crippen molar-refractivity contribution in [3.05, 3.63) is 81.9 Å². The van der Waals surface area contributed by atoms with Crippen LogP contribution in [0.25, 0.3) is 22.1 Å². The van der Waals surface area contributed by atoms with Gasteiger partial charge in [0, 0.05) is 63.0 Å². The zero-order valence-electron chi connectivity index (χ0n) is 34.2. The third kappa shape index (κ3) is 7.14. The Balaban J connectivity index is 0.827. The molecule has 318 valence electrons. The van der Waals surface area contributed by atoms with Crippen LogP contribution in [0.2, 0.25) is 0 Å². The fraction of sp³-hybridized carbons (Fsp3) is 0.477. The molecule has 0 radical (unpaired) electrons. The number of aryl methyl sites for hydroxylation is 1. The predicted molar refractivity (Wildman–Crippen MR) is 220 cm³/mol. The number of nitriles is 1. The van der Waals surface area contributed by atoms with E-state index in [1.165, 1.54) is 27.6 Å². The lowest BCUT2D eigenvalue weighted by atomic mass is 9.68. The zero-order chi connectivity index (χ0) is 43.0. The molecule has 15 nitrogen and oxygen atoms in total. The SMILES string of the molecule is Cn1c(=O)n(C2CCC(=O)NC2=O)c2cccc(N3CC4(CCN(CC5CCC(c6nc7cc(C(C)(C)O)c(NC(=O)c8cncc(C#N)c8)cc7o6)CC5)CC4(F)F)C3)c21. The van der Waals surface area contributed by atoms with E-state index in [0.717, 1.165) is 25.7 Å². The number of pyridine rings is 1. The Morgan fingerprint density at radius 3 is 2.56 bits per heavy atom. The van der Waals surface area contributed by atoms with Crippen LogP contribution in [0, 0.1) is 22.7 Å². The van der Waals surface area contributed by atoms with Gasteiger partial charge in [0.2, 0.25) is 11.8 Å². The number of benzene rings is 2. The van der Waals surface area contributed by atoms with Gasteiger partial charge >= 0.3 is 5.69 Å². The maximum atomic E-state index is 16.2. The van der Waals surface area contributed by atoms with E-state index in [1.54, 1.807) is 45.2 Å². The lowest BCUT2D eigenvalue weighted by Crippen LogP contribution is -2.70. The fourth-order valence-electron chi connectivity index (χ4n) is 9.94. The number of rotatable bonds is 8. The van der Waals surface area contributed by atoms with Crippen LogP contribution in [0.5, 0.6) is 0 Å². The Hall–Kier alpha value is -5.99. The highest BCUT2D eigenvalue weighted by Crippen LogP contribution is 2.52. The number of amides is 3. The second-order valence-corrected chi connectivity index (χ2v) is 17.9. The first-order chi connectivity index (χ1) is 29.0. The minimum absolute atomic E-state index is 0.0315. The molecule has 1 spiro atoms. The number of piperidine rings is 2. The second kappa shape index (κ2) is 14.9. The van der Waals surface area contributed by atoms with Crippen molar-refractivity contribution >= 4 is 51.2 Å². The van der Waals surface area contributed by atoms with Gasteiger partial charge in [-0.15, -0.1) is 0 Å². The number of likely N-dealkylation sites (tertiary alicyclic amines) is 1. The summed E-state index contributed by atoms with van der Waals surface area (Å²) in [6.45, 7) is 4.36. The average Bonchev–Trinajstić information content (AvgIpc) is 3.74. The van der Waals surface area contributed by atoms with Crippen LogP contribution >= 0.6 is 0 Å². The molecule has 2 aromatic carbocycles. The number of nitrogens with one attached hydrogen (secondary N) is 2. The van der Waals surface area contributed by atoms with E-state index >= 15 is 8.78 Å². The van der Waals surface area contributed by atoms with Crippen molar-refractivity contribution in [2.45, 2.75) is 82.3 Å². The van der Waals surface area contributed by atoms with Gasteiger partial charge < -0.3 is 19.7 Å². The van der Waals surface area contributed by atoms with Gasteiger partial charge in [-0.25, -0.2) is 18.6 Å². The highest BCUT2D eigenvalue weighted by molar-refractivity contribution is 6.05. The van der Waals surface area contributed by atoms with Gasteiger partial charge in [-0.2, -0.15) is 5.26 Å². The number of carbonyl (C=O) groups is 3. The summed E-state index contributed by atoms with van der Waals surface area (Å²) in [5, 5.41) is 25.4. The fourth-order valence-corrected chi connectivity index (χ4v) is 9.94. The first kappa shape index (κ1) is 40.4. The minimum atomic E-state index is -2.92. The number of imidazole rings is 1. The molecule has 3 aliphatic heterocycles. The van der Waals surface area contributed by atoms with Gasteiger partial charge in [-0.05, 0) is 89.1 Å². The number of alkyl halides is 2. The first-order valence-electron chi connectivity index (χ1n) is 20.8. The molecular weight excluding hydrogens is 789 g/mol. The maximum Gasteiger partial charge on any atom is 0.329 e. The summed E-state index contributed by atoms with van der Waals surface area (Å²) in [7, 11) is 1.62. The van der Waals surface area contributed by atoms with E-state index in [4.69, 9.17) is 9.40 Å². The van der Waals surface area contributed by atoms with Gasteiger partial charge in [0.05, 0.1) is 51.1 Å². The van der Waals surface area contributed by atoms with Gasteiger partial charge in [0.15, 0.2) is 11.5 Å². The van der Waals surface area contributed by atoms with E-state index < -0.39 is 40.5 Å². The van der Waals surface area contributed by atoms with Crippen LogP contribution < -0.4 is 21.2 Å². The number of fused-ring (bicyclic) bond motifs is 2. The lowest BCUT2D eigenvalue weighted by molar-refractivity contribution is -0.181. The van der Waals surface area contributed by atoms with Crippen molar-refractivity contribution in [1.82, 2.24) is 29.3 Å². The number of oxazole rings is 1. The summed E-state index contributed by atoms with van der Waals surface area (Å²) in [5.41, 5.74) is 1.10. The van der Waals surface area contributed by atoms with E-state index in [9.17, 15) is 29.5 Å². The van der Waals surface area contributed by atoms with E-state index in [0.29, 0.717) is 64.5 Å². The van der Waals surface area contributed by atoms with Crippen LogP contribution in [0.15, 0.2) is 58.0 Å². The van der Waals surface area contributed by atoms with Gasteiger partial charge in [-0.3, -0.25) is 38.7 Å². The van der Waals surface area contributed by atoms with Crippen LogP contribution in [-0.2, 0) is 22.2 Å². The molecular formula is C44H47F2N9O6. The van der Waals surface area contributed by atoms with Crippen LogP contribution in [0.3, 0.4) is 0 Å². The average molecular weight is 836 g/mol. The monoisotopic (exact) mass is 835 g/mol. The number of aliphatic hydroxyl groups is 1. The summed E-state index contributed by atoms with van der Waals surface area (Å²) in [6.07, 6.45) is 6.63. The molecule has 6 heterocycles. The number of hydrogen-bond donors (Lipinski definition) is 3. The largest absolute Gasteiger partial charge is 0.440 e. The summed E-state index contributed by atoms with van der Waals surface area (Å²) < 4.78 is 41.5. The normalized spacial score (nSPS) is 22.9. The molecule has 9 rings (SSSR count). The summed E-state index contributed by atoms with van der Waals surface area (Å²) >= 11 is 0. The number of para-hydroxylation sites is 1. The lowest BCUT2D eigenvalue weighted by Gasteiger charge is -2.58. The molecule has 17 heteroatoms. The molecule has 61 heavy (non-hydrogen) atoms. The quantitative estimate of drug-likeness (QED) is 0.171. The number of aromatic nitrogens is 4. The van der Waals surface area contributed by atoms with Gasteiger partial charge in [-0.1, -0.05) is 6.07 Å². The van der Waals surface area contributed by atoms with E-state index in [-0.39, 0.29) is 61.3 Å². The molecule has 1 unspecified atom stereocenters. The van der Waals surface area contributed by atoms with Crippen molar-refractivity contribution in [2.24, 2.45) is 18.4 Å². The third-order valence-corrected chi connectivity index (χ3v) is 13.3. The summed E-state index contributed by atoms with van der Waals surface area (Å²) in [4.78, 5) is 63.6. The predicted octanol–water partition coefficient (Wildman–Crippen LogP) is 5.33. The van der Waals surface area contributed by atoms with Crippen LogP contribution in [-0.4, -0.2) is 85.5 Å². The Kier molecular flexibility index (Phi) is 9.86. The molecule has 3 N–H and O–H groups in total. The topological polar surface area (TPSA) is 192 Å². The van der Waals surface area contributed by atoms with E-state index in [2.05, 4.69) is 15.6 Å². The first-order valence-corrected chi connectivity index (χ1v) is 20.8. The van der Waals surface area contributed by atoms with E-state index in [1.807, 2.05) is 21.9 Å². The van der Waals surface area contributed by atoms with Crippen molar-refractivity contribution in [3.63, 3.8) is 0 Å². The minimum Gasteiger partial charge on any atom is -0.440 e. The van der Waals surface area contributed by atoms with Crippen molar-refractivity contribution in [3.8, 4) is 6.07 Å². The molecule has 3 amide bonds. The third-order valence-electron chi connectivity index (χ3n) is 13.3. The van der Waals surface area contributed by atoms with Crippen LogP contribution in [0.4, 0.5) is 20.2 Å². The second-order valence-electron chi connectivity index (χ2n) is 17.9. The smallest absolute Gasteiger partial charge is 0.329 e. The summed E-state index contributed by atoms with van der Waals surface area (Å²) in [5.74, 6) is -3.47. The van der Waals surface area contributed by atoms with Crippen molar-refractivity contribution in [2.75, 3.05) is 42.9 Å². The molecule has 3 saturated heterocycles. The number of imide groups is 1. The Morgan fingerprint density at radius 1 is 1.08 bits per heavy atom. The Bertz CT molecular complexity index is 2690. The molecule has 1 saturated carbocycles. The van der Waals surface area contributed by atoms with Crippen molar-refractivity contribution < 1.29 is 32.7 Å². The van der Waals surface area contributed by atoms with Gasteiger partial charge in [0.1, 0.15) is 17.6 Å².